The molecule has 4 heteroatoms. The number of pyridine rings is 1. The van der Waals surface area contributed by atoms with Gasteiger partial charge in [0.1, 0.15) is 5.60 Å². The summed E-state index contributed by atoms with van der Waals surface area (Å²) >= 11 is 0. The highest BCUT2D eigenvalue weighted by Crippen LogP contribution is 2.10. The smallest absolute Gasteiger partial charge is 0.412 e. The number of ether oxygens (including phenoxy) is 1. The molecule has 0 aliphatic heterocycles. The number of nitrogens with zero attached hydrogens (tertiary/aromatic N) is 1. The monoisotopic (exact) mass is 207 g/mol. The highest BCUT2D eigenvalue weighted by atomic mass is 16.6. The number of carbonyl (C=O) groups is 1. The van der Waals surface area contributed by atoms with Gasteiger partial charge in [-0.25, -0.2) is 4.79 Å². The Labute approximate surface area is 89.7 Å². The van der Waals surface area contributed by atoms with E-state index in [0.717, 1.165) is 0 Å². The zero-order valence-electron chi connectivity index (χ0n) is 9.20. The lowest BCUT2D eigenvalue weighted by Gasteiger charge is -2.19. The Hall–Kier alpha value is -1.58. The summed E-state index contributed by atoms with van der Waals surface area (Å²) < 4.78 is 5.08. The van der Waals surface area contributed by atoms with Crippen molar-refractivity contribution >= 4 is 11.8 Å². The van der Waals surface area contributed by atoms with Crippen molar-refractivity contribution in [2.75, 3.05) is 5.32 Å². The average molecular weight is 207 g/mol. The van der Waals surface area contributed by atoms with E-state index in [1.807, 2.05) is 20.8 Å². The number of hydrogen-bond acceptors (Lipinski definition) is 3. The van der Waals surface area contributed by atoms with Crippen molar-refractivity contribution < 1.29 is 9.53 Å². The largest absolute Gasteiger partial charge is 0.444 e. The summed E-state index contributed by atoms with van der Waals surface area (Å²) in [6, 6.07) is 3.44. The number of amides is 1. The van der Waals surface area contributed by atoms with Gasteiger partial charge in [-0.3, -0.25) is 10.3 Å². The van der Waals surface area contributed by atoms with E-state index in [-0.39, 0.29) is 0 Å². The fourth-order valence-electron chi connectivity index (χ4n) is 0.920. The van der Waals surface area contributed by atoms with Crippen LogP contribution in [0.1, 0.15) is 26.5 Å². The van der Waals surface area contributed by atoms with Gasteiger partial charge in [0.25, 0.3) is 0 Å². The van der Waals surface area contributed by atoms with E-state index >= 15 is 0 Å². The maximum atomic E-state index is 11.3. The van der Waals surface area contributed by atoms with Gasteiger partial charge < -0.3 is 4.74 Å². The third-order valence-corrected chi connectivity index (χ3v) is 1.47. The molecule has 1 N–H and O–H groups in total. The minimum atomic E-state index is -0.496. The standard InChI is InChI=1S/C11H15N2O2/c1-8-5-6-9(7-12-8)13-10(14)15-11(2,3)4/h5-7H,1H2,2-4H3,(H,13,14). The summed E-state index contributed by atoms with van der Waals surface area (Å²) in [6.45, 7) is 9.07. The SMILES string of the molecule is [CH2]c1ccc(NC(=O)OC(C)(C)C)cn1. The van der Waals surface area contributed by atoms with Crippen LogP contribution in [0.5, 0.6) is 0 Å². The van der Waals surface area contributed by atoms with Gasteiger partial charge in [0.15, 0.2) is 0 Å². The van der Waals surface area contributed by atoms with Crippen molar-refractivity contribution in [3.8, 4) is 0 Å². The molecule has 0 unspecified atom stereocenters. The van der Waals surface area contributed by atoms with Gasteiger partial charge in [-0.15, -0.1) is 0 Å². The van der Waals surface area contributed by atoms with E-state index in [4.69, 9.17) is 4.74 Å². The van der Waals surface area contributed by atoms with Crippen molar-refractivity contribution in [3.63, 3.8) is 0 Å². The van der Waals surface area contributed by atoms with E-state index in [1.54, 1.807) is 12.1 Å². The molecular formula is C11H15N2O2. The fourth-order valence-corrected chi connectivity index (χ4v) is 0.920. The molecule has 0 bridgehead atoms. The Bertz CT molecular complexity index is 339. The van der Waals surface area contributed by atoms with Gasteiger partial charge in [-0.05, 0) is 39.8 Å². The summed E-state index contributed by atoms with van der Waals surface area (Å²) in [5.41, 5.74) is 0.755. The zero-order chi connectivity index (χ0) is 11.5. The van der Waals surface area contributed by atoms with Gasteiger partial charge in [-0.2, -0.15) is 0 Å². The second-order valence-electron chi connectivity index (χ2n) is 4.17. The number of anilines is 1. The molecule has 1 aromatic heterocycles. The Morgan fingerprint density at radius 2 is 2.13 bits per heavy atom. The van der Waals surface area contributed by atoms with E-state index in [2.05, 4.69) is 17.2 Å². The molecule has 0 aliphatic carbocycles. The van der Waals surface area contributed by atoms with Crippen LogP contribution in [0.2, 0.25) is 0 Å². The third kappa shape index (κ3) is 4.44. The number of nitrogens with one attached hydrogen (secondary N) is 1. The first-order valence-electron chi connectivity index (χ1n) is 4.65. The maximum absolute atomic E-state index is 11.3. The van der Waals surface area contributed by atoms with Crippen LogP contribution in [-0.2, 0) is 4.74 Å². The van der Waals surface area contributed by atoms with Crippen LogP contribution in [0, 0.1) is 6.92 Å². The lowest BCUT2D eigenvalue weighted by atomic mass is 10.2. The number of aromatic nitrogens is 1. The zero-order valence-corrected chi connectivity index (χ0v) is 9.20. The van der Waals surface area contributed by atoms with Crippen LogP contribution < -0.4 is 5.32 Å². The maximum Gasteiger partial charge on any atom is 0.412 e. The molecule has 0 aliphatic rings. The first-order valence-corrected chi connectivity index (χ1v) is 4.65. The van der Waals surface area contributed by atoms with Crippen LogP contribution in [0.25, 0.3) is 0 Å². The van der Waals surface area contributed by atoms with Crippen molar-refractivity contribution in [1.82, 2.24) is 4.98 Å². The first-order chi connectivity index (χ1) is 6.87. The molecule has 4 nitrogen and oxygen atoms in total. The quantitative estimate of drug-likeness (QED) is 0.770. The van der Waals surface area contributed by atoms with Crippen LogP contribution in [-0.4, -0.2) is 16.7 Å². The second-order valence-corrected chi connectivity index (χ2v) is 4.17. The topological polar surface area (TPSA) is 51.2 Å². The van der Waals surface area contributed by atoms with E-state index in [0.29, 0.717) is 11.4 Å². The van der Waals surface area contributed by atoms with Gasteiger partial charge in [0.2, 0.25) is 0 Å². The minimum Gasteiger partial charge on any atom is -0.444 e. The van der Waals surface area contributed by atoms with Crippen molar-refractivity contribution in [1.29, 1.82) is 0 Å². The number of rotatable bonds is 1. The molecule has 1 amide bonds. The molecule has 1 aromatic rings. The number of carbonyl (C=O) groups excluding carboxylic acids is 1. The Kier molecular flexibility index (Phi) is 3.29. The summed E-state index contributed by atoms with van der Waals surface area (Å²) in [5.74, 6) is 0. The Morgan fingerprint density at radius 3 is 2.60 bits per heavy atom. The van der Waals surface area contributed by atoms with Crippen molar-refractivity contribution in [2.24, 2.45) is 0 Å². The molecule has 0 atom stereocenters. The second kappa shape index (κ2) is 4.29. The Morgan fingerprint density at radius 1 is 1.47 bits per heavy atom. The first kappa shape index (κ1) is 11.5. The molecule has 0 saturated heterocycles. The fraction of sp³-hybridized carbons (Fsp3) is 0.364. The van der Waals surface area contributed by atoms with Gasteiger partial charge in [0, 0.05) is 5.69 Å². The van der Waals surface area contributed by atoms with Gasteiger partial charge in [-0.1, -0.05) is 0 Å². The summed E-state index contributed by atoms with van der Waals surface area (Å²) in [5, 5.41) is 2.57. The van der Waals surface area contributed by atoms with Crippen LogP contribution >= 0.6 is 0 Å². The molecule has 0 fully saturated rings. The van der Waals surface area contributed by atoms with E-state index < -0.39 is 11.7 Å². The van der Waals surface area contributed by atoms with E-state index in [9.17, 15) is 4.79 Å². The van der Waals surface area contributed by atoms with Crippen LogP contribution in [0.15, 0.2) is 18.3 Å². The minimum absolute atomic E-state index is 0.485. The molecule has 0 spiro atoms. The van der Waals surface area contributed by atoms with Gasteiger partial charge in [0.05, 0.1) is 11.9 Å². The number of hydrogen-bond donors (Lipinski definition) is 1. The molecule has 1 radical (unpaired) electrons. The van der Waals surface area contributed by atoms with Crippen molar-refractivity contribution in [2.45, 2.75) is 26.4 Å². The molecular weight excluding hydrogens is 192 g/mol. The lowest BCUT2D eigenvalue weighted by molar-refractivity contribution is 0.0636. The Balaban J connectivity index is 2.55. The molecule has 1 heterocycles. The predicted octanol–water partition coefficient (Wildman–Crippen LogP) is 2.61. The normalized spacial score (nSPS) is 10.9. The lowest BCUT2D eigenvalue weighted by Crippen LogP contribution is -2.27. The highest BCUT2D eigenvalue weighted by molar-refractivity contribution is 5.84. The van der Waals surface area contributed by atoms with E-state index in [1.165, 1.54) is 6.20 Å². The molecule has 1 rings (SSSR count). The van der Waals surface area contributed by atoms with Crippen molar-refractivity contribution in [3.05, 3.63) is 30.9 Å². The molecule has 0 aromatic carbocycles. The molecule has 15 heavy (non-hydrogen) atoms. The molecule has 0 saturated carbocycles. The van der Waals surface area contributed by atoms with Crippen LogP contribution in [0.4, 0.5) is 10.5 Å². The summed E-state index contributed by atoms with van der Waals surface area (Å²) in [6.07, 6.45) is 1.05. The van der Waals surface area contributed by atoms with Crippen LogP contribution in [0.3, 0.4) is 0 Å². The third-order valence-electron chi connectivity index (χ3n) is 1.47. The average Bonchev–Trinajstić information content (AvgIpc) is 2.05. The summed E-state index contributed by atoms with van der Waals surface area (Å²) in [7, 11) is 0. The predicted molar refractivity (Wildman–Crippen MR) is 58.6 cm³/mol. The molecule has 81 valence electrons. The highest BCUT2D eigenvalue weighted by Gasteiger charge is 2.15. The van der Waals surface area contributed by atoms with Gasteiger partial charge >= 0.3 is 6.09 Å². The summed E-state index contributed by atoms with van der Waals surface area (Å²) in [4.78, 5) is 15.3.